The number of carboxylic acid groups (broad SMARTS) is 2. The van der Waals surface area contributed by atoms with Crippen molar-refractivity contribution in [2.24, 2.45) is 0 Å². The second-order valence-corrected chi connectivity index (χ2v) is 3.38. The Bertz CT molecular complexity index is 359. The average Bonchev–Trinajstić information content (AvgIpc) is 2.21. The Labute approximate surface area is 97.1 Å². The quantitative estimate of drug-likeness (QED) is 0.412. The van der Waals surface area contributed by atoms with Crippen LogP contribution in [0.5, 0.6) is 0 Å². The van der Waals surface area contributed by atoms with Crippen molar-refractivity contribution in [1.82, 2.24) is 5.32 Å². The highest BCUT2D eigenvalue weighted by Crippen LogP contribution is 1.99. The van der Waals surface area contributed by atoms with Crippen molar-refractivity contribution in [2.45, 2.75) is 25.8 Å². The Balaban J connectivity index is 4.26. The van der Waals surface area contributed by atoms with E-state index < -0.39 is 23.9 Å². The number of aliphatic carboxylic acids is 2. The standard InChI is InChI=1S/C10H13NO6/c1-5(2)6(12)3-4-7(13)11-8(9(14)15)10(16)17/h8H,1,3-4H2,2H3,(H,11,13)(H,14,15)(H,16,17). The fourth-order valence-electron chi connectivity index (χ4n) is 0.903. The van der Waals surface area contributed by atoms with E-state index in [2.05, 4.69) is 6.58 Å². The summed E-state index contributed by atoms with van der Waals surface area (Å²) in [5, 5.41) is 18.8. The largest absolute Gasteiger partial charge is 0.479 e. The molecule has 0 aromatic heterocycles. The molecule has 0 unspecified atom stereocenters. The van der Waals surface area contributed by atoms with Gasteiger partial charge in [0.1, 0.15) is 0 Å². The van der Waals surface area contributed by atoms with Crippen molar-refractivity contribution >= 4 is 23.6 Å². The molecule has 0 aliphatic carbocycles. The fourth-order valence-corrected chi connectivity index (χ4v) is 0.903. The van der Waals surface area contributed by atoms with E-state index >= 15 is 0 Å². The van der Waals surface area contributed by atoms with Gasteiger partial charge in [0.2, 0.25) is 11.9 Å². The third-order valence-electron chi connectivity index (χ3n) is 1.85. The molecule has 3 N–H and O–H groups in total. The average molecular weight is 243 g/mol. The highest BCUT2D eigenvalue weighted by atomic mass is 16.4. The summed E-state index contributed by atoms with van der Waals surface area (Å²) in [4.78, 5) is 43.2. The van der Waals surface area contributed by atoms with Gasteiger partial charge >= 0.3 is 11.9 Å². The van der Waals surface area contributed by atoms with E-state index in [9.17, 15) is 19.2 Å². The highest BCUT2D eigenvalue weighted by Gasteiger charge is 2.27. The number of nitrogens with one attached hydrogen (secondary N) is 1. The predicted molar refractivity (Wildman–Crippen MR) is 56.3 cm³/mol. The summed E-state index contributed by atoms with van der Waals surface area (Å²) in [6.45, 7) is 4.86. The van der Waals surface area contributed by atoms with Gasteiger partial charge in [-0.15, -0.1) is 0 Å². The molecule has 0 rings (SSSR count). The predicted octanol–water partition coefficient (Wildman–Crippen LogP) is -0.434. The Kier molecular flexibility index (Phi) is 5.59. The van der Waals surface area contributed by atoms with Gasteiger partial charge in [0.25, 0.3) is 0 Å². The van der Waals surface area contributed by atoms with Crippen LogP contribution in [-0.4, -0.2) is 39.9 Å². The summed E-state index contributed by atoms with van der Waals surface area (Å²) in [6, 6.07) is -2.00. The van der Waals surface area contributed by atoms with Crippen LogP contribution in [0.25, 0.3) is 0 Å². The lowest BCUT2D eigenvalue weighted by Gasteiger charge is -2.09. The van der Waals surface area contributed by atoms with Crippen LogP contribution in [-0.2, 0) is 19.2 Å². The van der Waals surface area contributed by atoms with Crippen molar-refractivity contribution in [1.29, 1.82) is 0 Å². The number of allylic oxidation sites excluding steroid dienone is 1. The second kappa shape index (κ2) is 6.41. The number of carboxylic acids is 2. The minimum Gasteiger partial charge on any atom is -0.479 e. The molecule has 94 valence electrons. The molecule has 17 heavy (non-hydrogen) atoms. The summed E-state index contributed by atoms with van der Waals surface area (Å²) < 4.78 is 0. The van der Waals surface area contributed by atoms with Crippen LogP contribution in [0.15, 0.2) is 12.2 Å². The number of hydrogen-bond donors (Lipinski definition) is 3. The molecule has 0 bridgehead atoms. The molecule has 0 heterocycles. The molecule has 0 aromatic rings. The number of rotatable bonds is 7. The van der Waals surface area contributed by atoms with Crippen LogP contribution in [0.3, 0.4) is 0 Å². The lowest BCUT2D eigenvalue weighted by atomic mass is 10.1. The number of amides is 1. The lowest BCUT2D eigenvalue weighted by Crippen LogP contribution is -2.46. The van der Waals surface area contributed by atoms with Crippen molar-refractivity contribution in [3.8, 4) is 0 Å². The summed E-state index contributed by atoms with van der Waals surface area (Å²) in [7, 11) is 0. The fraction of sp³-hybridized carbons (Fsp3) is 0.400. The zero-order chi connectivity index (χ0) is 13.6. The third-order valence-corrected chi connectivity index (χ3v) is 1.85. The van der Waals surface area contributed by atoms with Gasteiger partial charge in [-0.2, -0.15) is 0 Å². The second-order valence-electron chi connectivity index (χ2n) is 3.38. The zero-order valence-electron chi connectivity index (χ0n) is 9.23. The van der Waals surface area contributed by atoms with Crippen molar-refractivity contribution in [3.05, 3.63) is 12.2 Å². The maximum absolute atomic E-state index is 11.2. The number of carbonyl (C=O) groups excluding carboxylic acids is 2. The molecule has 0 spiro atoms. The Morgan fingerprint density at radius 1 is 1.12 bits per heavy atom. The van der Waals surface area contributed by atoms with Crippen molar-refractivity contribution in [3.63, 3.8) is 0 Å². The first-order chi connectivity index (χ1) is 7.75. The molecule has 0 aliphatic heterocycles. The normalized spacial score (nSPS) is 9.76. The Morgan fingerprint density at radius 2 is 1.59 bits per heavy atom. The van der Waals surface area contributed by atoms with Crippen LogP contribution in [0, 0.1) is 0 Å². The van der Waals surface area contributed by atoms with Gasteiger partial charge in [-0.05, 0) is 12.5 Å². The van der Waals surface area contributed by atoms with Crippen LogP contribution < -0.4 is 5.32 Å². The first-order valence-corrected chi connectivity index (χ1v) is 4.69. The molecule has 1 amide bonds. The first-order valence-electron chi connectivity index (χ1n) is 4.69. The molecule has 0 saturated carbocycles. The van der Waals surface area contributed by atoms with Crippen molar-refractivity contribution in [2.75, 3.05) is 0 Å². The number of Topliss-reactive ketones (excluding diaryl/α,β-unsaturated/α-hetero) is 1. The molecule has 0 fully saturated rings. The Morgan fingerprint density at radius 3 is 1.94 bits per heavy atom. The number of carbonyl (C=O) groups is 4. The van der Waals surface area contributed by atoms with Crippen LogP contribution in [0.1, 0.15) is 19.8 Å². The van der Waals surface area contributed by atoms with Gasteiger partial charge in [-0.1, -0.05) is 6.58 Å². The maximum atomic E-state index is 11.2. The molecule has 7 nitrogen and oxygen atoms in total. The van der Waals surface area contributed by atoms with E-state index in [-0.39, 0.29) is 24.2 Å². The summed E-state index contributed by atoms with van der Waals surface area (Å²) >= 11 is 0. The van der Waals surface area contributed by atoms with E-state index in [1.165, 1.54) is 6.92 Å². The summed E-state index contributed by atoms with van der Waals surface area (Å²) in [6.07, 6.45) is -0.407. The van der Waals surface area contributed by atoms with Gasteiger partial charge in [-0.25, -0.2) is 9.59 Å². The van der Waals surface area contributed by atoms with Gasteiger partial charge < -0.3 is 15.5 Å². The summed E-state index contributed by atoms with van der Waals surface area (Å²) in [5.74, 6) is -4.48. The highest BCUT2D eigenvalue weighted by molar-refractivity contribution is 6.01. The minimum atomic E-state index is -2.00. The van der Waals surface area contributed by atoms with Gasteiger partial charge in [0, 0.05) is 12.8 Å². The van der Waals surface area contributed by atoms with Gasteiger partial charge in [0.15, 0.2) is 5.78 Å². The number of ketones is 1. The number of hydrogen-bond acceptors (Lipinski definition) is 4. The maximum Gasteiger partial charge on any atom is 0.338 e. The van der Waals surface area contributed by atoms with E-state index in [4.69, 9.17) is 10.2 Å². The van der Waals surface area contributed by atoms with Gasteiger partial charge in [0.05, 0.1) is 0 Å². The van der Waals surface area contributed by atoms with E-state index in [1.807, 2.05) is 0 Å². The monoisotopic (exact) mass is 243 g/mol. The van der Waals surface area contributed by atoms with Crippen LogP contribution in [0.2, 0.25) is 0 Å². The molecule has 0 atom stereocenters. The molecule has 0 aromatic carbocycles. The first kappa shape index (κ1) is 14.8. The Hall–Kier alpha value is -2.18. The van der Waals surface area contributed by atoms with E-state index in [1.54, 1.807) is 5.32 Å². The smallest absolute Gasteiger partial charge is 0.338 e. The van der Waals surface area contributed by atoms with Crippen molar-refractivity contribution < 1.29 is 29.4 Å². The zero-order valence-corrected chi connectivity index (χ0v) is 9.23. The summed E-state index contributed by atoms with van der Waals surface area (Å²) in [5.41, 5.74) is 0.283. The molecule has 0 saturated heterocycles. The van der Waals surface area contributed by atoms with E-state index in [0.717, 1.165) is 0 Å². The minimum absolute atomic E-state index is 0.132. The van der Waals surface area contributed by atoms with E-state index in [0.29, 0.717) is 0 Å². The molecule has 7 heteroatoms. The molecule has 0 aliphatic rings. The third kappa shape index (κ3) is 5.45. The molecular formula is C10H13NO6. The topological polar surface area (TPSA) is 121 Å². The SMILES string of the molecule is C=C(C)C(=O)CCC(=O)NC(C(=O)O)C(=O)O. The van der Waals surface area contributed by atoms with Crippen LogP contribution >= 0.6 is 0 Å². The molecule has 0 radical (unpaired) electrons. The molecular weight excluding hydrogens is 230 g/mol. The lowest BCUT2D eigenvalue weighted by molar-refractivity contribution is -0.153. The van der Waals surface area contributed by atoms with Crippen LogP contribution in [0.4, 0.5) is 0 Å². The van der Waals surface area contributed by atoms with Gasteiger partial charge in [-0.3, -0.25) is 9.59 Å².